The number of pyridine rings is 1. The Balaban J connectivity index is 1.44. The van der Waals surface area contributed by atoms with Gasteiger partial charge in [-0.05, 0) is 48.0 Å². The van der Waals surface area contributed by atoms with Crippen LogP contribution in [0, 0.1) is 17.1 Å². The van der Waals surface area contributed by atoms with Crippen LogP contribution in [-0.2, 0) is 30.9 Å². The van der Waals surface area contributed by atoms with E-state index < -0.39 is 52.5 Å². The van der Waals surface area contributed by atoms with Gasteiger partial charge in [-0.15, -0.1) is 0 Å². The highest BCUT2D eigenvalue weighted by atomic mass is 35.5. The number of aliphatic carboxylic acids is 1. The summed E-state index contributed by atoms with van der Waals surface area (Å²) in [5, 5.41) is 48.6. The van der Waals surface area contributed by atoms with Crippen LogP contribution in [0.2, 0.25) is 5.02 Å². The maximum Gasteiger partial charge on any atom is 0.335 e. The number of anilines is 1. The van der Waals surface area contributed by atoms with Gasteiger partial charge < -0.3 is 34.6 Å². The van der Waals surface area contributed by atoms with Gasteiger partial charge in [-0.2, -0.15) is 5.26 Å². The van der Waals surface area contributed by atoms with E-state index in [0.717, 1.165) is 24.4 Å². The molecular formula is C25H21ClFN3O10S. The molecule has 5 N–H and O–H groups in total. The van der Waals surface area contributed by atoms with Crippen LogP contribution in [-0.4, -0.2) is 70.5 Å². The number of benzene rings is 2. The fourth-order valence-corrected chi connectivity index (χ4v) is 4.94. The lowest BCUT2D eigenvalue weighted by molar-refractivity contribution is -0.297. The fourth-order valence-electron chi connectivity index (χ4n) is 3.68. The number of aliphatic hydroxyl groups excluding tert-OH is 3. The first kappa shape index (κ1) is 30.1. The number of nitrogens with one attached hydrogen (secondary N) is 1. The van der Waals surface area contributed by atoms with E-state index in [2.05, 4.69) is 9.71 Å². The first-order chi connectivity index (χ1) is 19.4. The van der Waals surface area contributed by atoms with Crippen LogP contribution in [0.5, 0.6) is 11.5 Å². The van der Waals surface area contributed by atoms with E-state index in [0.29, 0.717) is 5.56 Å². The van der Waals surface area contributed by atoms with Gasteiger partial charge >= 0.3 is 5.97 Å². The number of carboxylic acids is 1. The summed E-state index contributed by atoms with van der Waals surface area (Å²) in [7, 11) is -4.16. The Morgan fingerprint density at radius 1 is 1.12 bits per heavy atom. The highest BCUT2D eigenvalue weighted by molar-refractivity contribution is 7.92. The van der Waals surface area contributed by atoms with E-state index in [9.17, 15) is 38.2 Å². The monoisotopic (exact) mass is 609 g/mol. The number of aromatic nitrogens is 1. The number of halogens is 2. The lowest BCUT2D eigenvalue weighted by Gasteiger charge is -2.38. The van der Waals surface area contributed by atoms with Crippen LogP contribution >= 0.6 is 11.6 Å². The molecule has 13 nitrogen and oxygen atoms in total. The number of rotatable bonds is 9. The summed E-state index contributed by atoms with van der Waals surface area (Å²) in [5.41, 5.74) is 0.227. The molecule has 0 amide bonds. The number of aliphatic hydroxyl groups is 3. The number of carboxylic acid groups (broad SMARTS) is 1. The van der Waals surface area contributed by atoms with Gasteiger partial charge in [0.15, 0.2) is 12.4 Å². The Hall–Kier alpha value is -3.88. The van der Waals surface area contributed by atoms with Crippen LogP contribution in [0.15, 0.2) is 59.6 Å². The zero-order chi connectivity index (χ0) is 29.9. The van der Waals surface area contributed by atoms with E-state index in [1.54, 1.807) is 0 Å². The average molecular weight is 610 g/mol. The molecule has 0 radical (unpaired) electrons. The van der Waals surface area contributed by atoms with Crippen molar-refractivity contribution in [3.05, 3.63) is 76.7 Å². The molecule has 16 heteroatoms. The minimum Gasteiger partial charge on any atom is -0.479 e. The third kappa shape index (κ3) is 6.89. The van der Waals surface area contributed by atoms with Crippen molar-refractivity contribution in [1.82, 2.24) is 4.98 Å². The van der Waals surface area contributed by atoms with Gasteiger partial charge in [0.05, 0.1) is 23.3 Å². The highest BCUT2D eigenvalue weighted by Gasteiger charge is 2.47. The molecule has 216 valence electrons. The maximum atomic E-state index is 13.1. The second-order valence-electron chi connectivity index (χ2n) is 8.64. The van der Waals surface area contributed by atoms with Crippen molar-refractivity contribution >= 4 is 33.4 Å². The van der Waals surface area contributed by atoms with Gasteiger partial charge in [0.25, 0.3) is 10.0 Å². The van der Waals surface area contributed by atoms with E-state index in [1.807, 2.05) is 6.07 Å². The molecule has 1 aliphatic rings. The summed E-state index contributed by atoms with van der Waals surface area (Å²) >= 11 is 6.30. The van der Waals surface area contributed by atoms with Gasteiger partial charge in [-0.25, -0.2) is 22.6 Å². The smallest absolute Gasteiger partial charge is 0.335 e. The number of ether oxygens (including phenoxy) is 3. The zero-order valence-corrected chi connectivity index (χ0v) is 22.2. The van der Waals surface area contributed by atoms with Crippen molar-refractivity contribution in [2.75, 3.05) is 4.72 Å². The zero-order valence-electron chi connectivity index (χ0n) is 20.6. The summed E-state index contributed by atoms with van der Waals surface area (Å²) in [6, 6.07) is 11.8. The standard InChI is InChI=1S/C25H21ClFN3O10S/c26-17-8-15(3-1-12(17)11-38-25-22(33)20(31)21(32)23(40-25)24(34)35)39-18-5-4-16(7-13(18)9-28)41(36,37)30-19-6-2-14(27)10-29-19/h1-8,10,20-23,25,31-33H,11H2,(H,29,30)(H,34,35)/t20-,21-,22+,23-,25+/m0/s1. The fraction of sp³-hybridized carbons (Fsp3) is 0.240. The summed E-state index contributed by atoms with van der Waals surface area (Å²) < 4.78 is 56.8. The minimum absolute atomic E-state index is 0.0115. The van der Waals surface area contributed by atoms with Crippen LogP contribution in [0.4, 0.5) is 10.2 Å². The predicted octanol–water partition coefficient (Wildman–Crippen LogP) is 1.75. The van der Waals surface area contributed by atoms with E-state index in [-0.39, 0.29) is 39.4 Å². The normalized spacial score (nSPS) is 22.5. The molecule has 2 heterocycles. The molecule has 1 saturated heterocycles. The van der Waals surface area contributed by atoms with Crippen LogP contribution < -0.4 is 9.46 Å². The van der Waals surface area contributed by atoms with Crippen molar-refractivity contribution in [3.8, 4) is 17.6 Å². The Bertz CT molecular complexity index is 1590. The molecule has 0 spiro atoms. The number of hydrogen-bond donors (Lipinski definition) is 5. The summed E-state index contributed by atoms with van der Waals surface area (Å²) in [4.78, 5) is 14.6. The van der Waals surface area contributed by atoms with Crippen LogP contribution in [0.3, 0.4) is 0 Å². The SMILES string of the molecule is N#Cc1cc(S(=O)(=O)Nc2ccc(F)cn2)ccc1Oc1ccc(CO[C@@H]2O[C@H](C(=O)O)[C@@H](O)[C@H](O)[C@H]2O)c(Cl)c1. The van der Waals surface area contributed by atoms with Crippen LogP contribution in [0.1, 0.15) is 11.1 Å². The molecule has 0 saturated carbocycles. The van der Waals surface area contributed by atoms with Crippen molar-refractivity contribution in [1.29, 1.82) is 5.26 Å². The molecule has 1 aromatic heterocycles. The molecule has 1 aliphatic heterocycles. The molecule has 0 bridgehead atoms. The third-order valence-corrected chi connectivity index (χ3v) is 7.52. The first-order valence-electron chi connectivity index (χ1n) is 11.6. The largest absolute Gasteiger partial charge is 0.479 e. The number of nitrogens with zero attached hydrogens (tertiary/aromatic N) is 2. The Morgan fingerprint density at radius 3 is 2.51 bits per heavy atom. The molecule has 0 unspecified atom stereocenters. The molecule has 5 atom stereocenters. The number of sulfonamides is 1. The number of carbonyl (C=O) groups is 1. The average Bonchev–Trinajstić information content (AvgIpc) is 2.93. The van der Waals surface area contributed by atoms with E-state index in [1.165, 1.54) is 30.3 Å². The molecule has 2 aromatic carbocycles. The van der Waals surface area contributed by atoms with Gasteiger partial charge in [0.2, 0.25) is 0 Å². The molecule has 3 aromatic rings. The van der Waals surface area contributed by atoms with Gasteiger partial charge in [-0.3, -0.25) is 4.72 Å². The van der Waals surface area contributed by atoms with Crippen molar-refractivity contribution in [2.24, 2.45) is 0 Å². The highest BCUT2D eigenvalue weighted by Crippen LogP contribution is 2.31. The first-order valence-corrected chi connectivity index (χ1v) is 13.4. The second-order valence-corrected chi connectivity index (χ2v) is 10.7. The Morgan fingerprint density at radius 2 is 1.88 bits per heavy atom. The molecule has 41 heavy (non-hydrogen) atoms. The quantitative estimate of drug-likeness (QED) is 0.235. The molecule has 4 rings (SSSR count). The Kier molecular flexibility index (Phi) is 9.05. The molecular weight excluding hydrogens is 589 g/mol. The van der Waals surface area contributed by atoms with Crippen molar-refractivity contribution < 1.29 is 52.2 Å². The number of nitriles is 1. The van der Waals surface area contributed by atoms with Gasteiger partial charge in [0.1, 0.15) is 47.5 Å². The van der Waals surface area contributed by atoms with Gasteiger partial charge in [-0.1, -0.05) is 17.7 Å². The lowest BCUT2D eigenvalue weighted by Crippen LogP contribution is -2.60. The second kappa shape index (κ2) is 12.3. The summed E-state index contributed by atoms with van der Waals surface area (Å²) in [6.07, 6.45) is -7.99. The maximum absolute atomic E-state index is 13.1. The van der Waals surface area contributed by atoms with E-state index in [4.69, 9.17) is 30.9 Å². The topological polar surface area (TPSA) is 209 Å². The third-order valence-electron chi connectivity index (χ3n) is 5.82. The van der Waals surface area contributed by atoms with E-state index >= 15 is 0 Å². The lowest BCUT2D eigenvalue weighted by atomic mass is 9.99. The summed E-state index contributed by atoms with van der Waals surface area (Å²) in [5.74, 6) is -2.15. The minimum atomic E-state index is -4.16. The van der Waals surface area contributed by atoms with Gasteiger partial charge in [0, 0.05) is 5.02 Å². The number of hydrogen-bond acceptors (Lipinski definition) is 11. The van der Waals surface area contributed by atoms with Crippen molar-refractivity contribution in [2.45, 2.75) is 42.2 Å². The van der Waals surface area contributed by atoms with Crippen molar-refractivity contribution in [3.63, 3.8) is 0 Å². The predicted molar refractivity (Wildman–Crippen MR) is 137 cm³/mol. The molecule has 1 fully saturated rings. The Labute approximate surface area is 237 Å². The molecule has 0 aliphatic carbocycles. The van der Waals surface area contributed by atoms with Crippen LogP contribution in [0.25, 0.3) is 0 Å². The summed E-state index contributed by atoms with van der Waals surface area (Å²) in [6.45, 7) is -0.290.